The van der Waals surface area contributed by atoms with Gasteiger partial charge in [0.05, 0.1) is 17.0 Å². The van der Waals surface area contributed by atoms with Crippen molar-refractivity contribution >= 4 is 22.6 Å². The smallest absolute Gasteiger partial charge is 0.290 e. The summed E-state index contributed by atoms with van der Waals surface area (Å²) in [6.45, 7) is 3.52. The molecule has 0 radical (unpaired) electrons. The van der Waals surface area contributed by atoms with E-state index in [2.05, 4.69) is 10.5 Å². The minimum atomic E-state index is -0.443. The lowest BCUT2D eigenvalue weighted by Gasteiger charge is -2.19. The molecule has 1 N–H and O–H groups in total. The standard InChI is InChI=1S/C20H17N3O3/c1-12(18(24)15-9-7-14(11-21)8-10-15)13(2)22-20(25)19-16-5-3-4-6-17(16)23-26-19/h3-10,12-13H,1-2H3,(H,22,25). The number of nitrogens with zero attached hydrogens (tertiary/aromatic N) is 2. The van der Waals surface area contributed by atoms with E-state index in [1.54, 1.807) is 56.3 Å². The first-order valence-corrected chi connectivity index (χ1v) is 8.21. The molecule has 0 fully saturated rings. The van der Waals surface area contributed by atoms with Crippen LogP contribution in [-0.4, -0.2) is 22.9 Å². The minimum absolute atomic E-state index is 0.107. The van der Waals surface area contributed by atoms with Crippen LogP contribution >= 0.6 is 0 Å². The molecule has 3 aromatic rings. The first kappa shape index (κ1) is 17.4. The van der Waals surface area contributed by atoms with Crippen LogP contribution in [-0.2, 0) is 0 Å². The van der Waals surface area contributed by atoms with E-state index in [-0.39, 0.29) is 11.5 Å². The van der Waals surface area contributed by atoms with Crippen LogP contribution in [0, 0.1) is 17.2 Å². The Hall–Kier alpha value is -3.46. The average Bonchev–Trinajstić information content (AvgIpc) is 3.11. The molecule has 26 heavy (non-hydrogen) atoms. The largest absolute Gasteiger partial charge is 0.350 e. The van der Waals surface area contributed by atoms with Gasteiger partial charge < -0.3 is 9.84 Å². The number of aromatic nitrogens is 1. The fourth-order valence-electron chi connectivity index (χ4n) is 2.65. The summed E-state index contributed by atoms with van der Waals surface area (Å²) in [5, 5.41) is 16.1. The van der Waals surface area contributed by atoms with Crippen LogP contribution in [0.5, 0.6) is 0 Å². The van der Waals surface area contributed by atoms with Crippen molar-refractivity contribution in [2.45, 2.75) is 19.9 Å². The Labute approximate surface area is 150 Å². The summed E-state index contributed by atoms with van der Waals surface area (Å²) in [6.07, 6.45) is 0. The number of nitriles is 1. The summed E-state index contributed by atoms with van der Waals surface area (Å²) in [5.74, 6) is -0.832. The van der Waals surface area contributed by atoms with E-state index in [0.29, 0.717) is 22.0 Å². The number of amides is 1. The normalized spacial score (nSPS) is 13.0. The summed E-state index contributed by atoms with van der Waals surface area (Å²) in [6, 6.07) is 15.2. The van der Waals surface area contributed by atoms with Gasteiger partial charge in [-0.25, -0.2) is 0 Å². The summed E-state index contributed by atoms with van der Waals surface area (Å²) in [7, 11) is 0. The number of benzene rings is 2. The maximum Gasteiger partial charge on any atom is 0.290 e. The molecule has 0 aliphatic carbocycles. The zero-order valence-electron chi connectivity index (χ0n) is 14.4. The SMILES string of the molecule is CC(NC(=O)c1onc2ccccc12)C(C)C(=O)c1ccc(C#N)cc1. The molecule has 0 bridgehead atoms. The second-order valence-electron chi connectivity index (χ2n) is 6.13. The highest BCUT2D eigenvalue weighted by Crippen LogP contribution is 2.19. The molecule has 0 spiro atoms. The van der Waals surface area contributed by atoms with Crippen molar-refractivity contribution in [1.82, 2.24) is 10.5 Å². The highest BCUT2D eigenvalue weighted by molar-refractivity contribution is 6.04. The van der Waals surface area contributed by atoms with Crippen molar-refractivity contribution in [2.75, 3.05) is 0 Å². The Morgan fingerprint density at radius 1 is 1.12 bits per heavy atom. The monoisotopic (exact) mass is 347 g/mol. The number of nitrogens with one attached hydrogen (secondary N) is 1. The fourth-order valence-corrected chi connectivity index (χ4v) is 2.65. The van der Waals surface area contributed by atoms with Crippen molar-refractivity contribution in [3.05, 3.63) is 65.4 Å². The van der Waals surface area contributed by atoms with E-state index in [9.17, 15) is 9.59 Å². The molecule has 0 aliphatic rings. The van der Waals surface area contributed by atoms with Crippen molar-refractivity contribution in [3.63, 3.8) is 0 Å². The Bertz CT molecular complexity index is 999. The van der Waals surface area contributed by atoms with Gasteiger partial charge in [0.1, 0.15) is 5.52 Å². The lowest BCUT2D eigenvalue weighted by molar-refractivity contribution is 0.0851. The molecule has 0 aliphatic heterocycles. The quantitative estimate of drug-likeness (QED) is 0.714. The van der Waals surface area contributed by atoms with E-state index in [4.69, 9.17) is 9.78 Å². The maximum atomic E-state index is 12.6. The van der Waals surface area contributed by atoms with Crippen molar-refractivity contribution in [3.8, 4) is 6.07 Å². The van der Waals surface area contributed by atoms with Gasteiger partial charge in [-0.2, -0.15) is 5.26 Å². The number of carbonyl (C=O) groups excluding carboxylic acids is 2. The van der Waals surface area contributed by atoms with E-state index >= 15 is 0 Å². The van der Waals surface area contributed by atoms with Gasteiger partial charge in [-0.15, -0.1) is 0 Å². The van der Waals surface area contributed by atoms with Gasteiger partial charge in [-0.3, -0.25) is 9.59 Å². The van der Waals surface area contributed by atoms with Gasteiger partial charge >= 0.3 is 0 Å². The summed E-state index contributed by atoms with van der Waals surface area (Å²) >= 11 is 0. The van der Waals surface area contributed by atoms with Crippen molar-refractivity contribution in [1.29, 1.82) is 5.26 Å². The number of hydrogen-bond donors (Lipinski definition) is 1. The second kappa shape index (κ2) is 7.19. The van der Waals surface area contributed by atoms with Gasteiger partial charge in [0.15, 0.2) is 5.78 Å². The van der Waals surface area contributed by atoms with E-state index in [1.165, 1.54) is 0 Å². The van der Waals surface area contributed by atoms with Gasteiger partial charge in [0.25, 0.3) is 5.91 Å². The van der Waals surface area contributed by atoms with Gasteiger partial charge in [-0.1, -0.05) is 36.3 Å². The number of rotatable bonds is 5. The average molecular weight is 347 g/mol. The number of carbonyl (C=O) groups is 2. The van der Waals surface area contributed by atoms with Gasteiger partial charge in [0.2, 0.25) is 5.76 Å². The lowest BCUT2D eigenvalue weighted by Crippen LogP contribution is -2.40. The highest BCUT2D eigenvalue weighted by Gasteiger charge is 2.25. The van der Waals surface area contributed by atoms with Crippen LogP contribution in [0.2, 0.25) is 0 Å². The third kappa shape index (κ3) is 3.33. The lowest BCUT2D eigenvalue weighted by atomic mass is 9.93. The van der Waals surface area contributed by atoms with E-state index in [1.807, 2.05) is 12.1 Å². The predicted octanol–water partition coefficient (Wildman–Crippen LogP) is 3.34. The van der Waals surface area contributed by atoms with E-state index < -0.39 is 17.9 Å². The number of Topliss-reactive ketones (excluding diaryl/α,β-unsaturated/α-hetero) is 1. The fraction of sp³-hybridized carbons (Fsp3) is 0.200. The first-order valence-electron chi connectivity index (χ1n) is 8.21. The van der Waals surface area contributed by atoms with Crippen LogP contribution in [0.4, 0.5) is 0 Å². The van der Waals surface area contributed by atoms with Crippen LogP contribution in [0.15, 0.2) is 53.1 Å². The Balaban J connectivity index is 1.72. The van der Waals surface area contributed by atoms with Gasteiger partial charge in [0, 0.05) is 17.5 Å². The Kier molecular flexibility index (Phi) is 4.81. The topological polar surface area (TPSA) is 96.0 Å². The predicted molar refractivity (Wildman–Crippen MR) is 95.6 cm³/mol. The molecule has 2 atom stereocenters. The number of fused-ring (bicyclic) bond motifs is 1. The third-order valence-electron chi connectivity index (χ3n) is 4.41. The molecule has 6 heteroatoms. The van der Waals surface area contributed by atoms with Crippen LogP contribution in [0.25, 0.3) is 10.9 Å². The van der Waals surface area contributed by atoms with Crippen LogP contribution in [0.1, 0.15) is 40.3 Å². The molecular formula is C20H17N3O3. The van der Waals surface area contributed by atoms with Crippen molar-refractivity contribution < 1.29 is 14.1 Å². The molecule has 2 aromatic carbocycles. The number of ketones is 1. The molecule has 0 saturated heterocycles. The Morgan fingerprint density at radius 2 is 1.81 bits per heavy atom. The second-order valence-corrected chi connectivity index (χ2v) is 6.13. The molecule has 6 nitrogen and oxygen atoms in total. The minimum Gasteiger partial charge on any atom is -0.350 e. The Morgan fingerprint density at radius 3 is 2.50 bits per heavy atom. The molecule has 3 rings (SSSR count). The zero-order valence-corrected chi connectivity index (χ0v) is 14.4. The molecule has 0 saturated carbocycles. The summed E-state index contributed by atoms with van der Waals surface area (Å²) in [4.78, 5) is 25.1. The molecule has 2 unspecified atom stereocenters. The highest BCUT2D eigenvalue weighted by atomic mass is 16.5. The summed E-state index contributed by atoms with van der Waals surface area (Å²) in [5.41, 5.74) is 1.60. The third-order valence-corrected chi connectivity index (χ3v) is 4.41. The molecule has 1 amide bonds. The first-order chi connectivity index (χ1) is 12.5. The van der Waals surface area contributed by atoms with Crippen LogP contribution in [0.3, 0.4) is 0 Å². The number of hydrogen-bond acceptors (Lipinski definition) is 5. The van der Waals surface area contributed by atoms with Crippen molar-refractivity contribution in [2.24, 2.45) is 5.92 Å². The molecule has 1 heterocycles. The summed E-state index contributed by atoms with van der Waals surface area (Å²) < 4.78 is 5.15. The zero-order chi connectivity index (χ0) is 18.7. The molecule has 1 aromatic heterocycles. The maximum absolute atomic E-state index is 12.6. The van der Waals surface area contributed by atoms with E-state index in [0.717, 1.165) is 0 Å². The van der Waals surface area contributed by atoms with Gasteiger partial charge in [-0.05, 0) is 31.2 Å². The molecular weight excluding hydrogens is 330 g/mol. The molecule has 130 valence electrons. The van der Waals surface area contributed by atoms with Crippen LogP contribution < -0.4 is 5.32 Å².